The Hall–Kier alpha value is -1.84. The van der Waals surface area contributed by atoms with Gasteiger partial charge in [0.2, 0.25) is 11.8 Å². The average Bonchev–Trinajstić information content (AvgIpc) is 2.73. The van der Waals surface area contributed by atoms with Gasteiger partial charge in [-0.05, 0) is 26.3 Å². The van der Waals surface area contributed by atoms with E-state index >= 15 is 0 Å². The molecule has 0 spiro atoms. The second kappa shape index (κ2) is 6.07. The maximum atomic E-state index is 12.0. The summed E-state index contributed by atoms with van der Waals surface area (Å²) in [7, 11) is 0. The fourth-order valence-electron chi connectivity index (χ4n) is 2.50. The van der Waals surface area contributed by atoms with Crippen molar-refractivity contribution >= 4 is 11.8 Å². The van der Waals surface area contributed by atoms with Crippen LogP contribution in [0.15, 0.2) is 24.3 Å². The molecule has 1 N–H and O–H groups in total. The van der Waals surface area contributed by atoms with Gasteiger partial charge >= 0.3 is 0 Å². The lowest BCUT2D eigenvalue weighted by Gasteiger charge is -2.21. The van der Waals surface area contributed by atoms with Gasteiger partial charge in [0, 0.05) is 19.0 Å². The number of hydrogen-bond acceptors (Lipinski definition) is 2. The van der Waals surface area contributed by atoms with Crippen molar-refractivity contribution in [2.24, 2.45) is 0 Å². The molecule has 1 aromatic rings. The summed E-state index contributed by atoms with van der Waals surface area (Å²) in [5.41, 5.74) is 2.18. The number of carbonyl (C=O) groups is 2. The second-order valence-electron chi connectivity index (χ2n) is 5.77. The van der Waals surface area contributed by atoms with Gasteiger partial charge < -0.3 is 10.2 Å². The highest BCUT2D eigenvalue weighted by molar-refractivity contribution is 5.83. The number of hydrogen-bond donors (Lipinski definition) is 1. The van der Waals surface area contributed by atoms with E-state index in [0.717, 1.165) is 5.56 Å². The number of carbonyl (C=O) groups excluding carboxylic acids is 2. The Morgan fingerprint density at radius 2 is 2.00 bits per heavy atom. The van der Waals surface area contributed by atoms with Crippen LogP contribution in [0, 0.1) is 6.92 Å². The van der Waals surface area contributed by atoms with Crippen LogP contribution < -0.4 is 5.32 Å². The minimum absolute atomic E-state index is 0.0164. The van der Waals surface area contributed by atoms with Gasteiger partial charge in [-0.1, -0.05) is 29.8 Å². The molecule has 0 bridgehead atoms. The lowest BCUT2D eigenvalue weighted by molar-refractivity contribution is -0.129. The Morgan fingerprint density at radius 3 is 2.55 bits per heavy atom. The molecular weight excluding hydrogens is 252 g/mol. The minimum atomic E-state index is -0.0529. The molecule has 0 radical (unpaired) electrons. The SMILES string of the molecule is Cc1ccc(CC(=O)NC2CC(=O)N(C(C)C)C2)cc1. The normalized spacial score (nSPS) is 18.7. The molecule has 0 saturated carbocycles. The van der Waals surface area contributed by atoms with E-state index in [-0.39, 0.29) is 23.9 Å². The summed E-state index contributed by atoms with van der Waals surface area (Å²) in [6.07, 6.45) is 0.782. The van der Waals surface area contributed by atoms with Crippen molar-refractivity contribution in [3.05, 3.63) is 35.4 Å². The van der Waals surface area contributed by atoms with Crippen molar-refractivity contribution in [3.63, 3.8) is 0 Å². The van der Waals surface area contributed by atoms with Gasteiger partial charge in [-0.25, -0.2) is 0 Å². The van der Waals surface area contributed by atoms with Crippen molar-refractivity contribution in [2.75, 3.05) is 6.54 Å². The highest BCUT2D eigenvalue weighted by Crippen LogP contribution is 2.14. The monoisotopic (exact) mass is 274 g/mol. The van der Waals surface area contributed by atoms with Gasteiger partial charge in [0.25, 0.3) is 0 Å². The molecule has 2 amide bonds. The number of nitrogens with one attached hydrogen (secondary N) is 1. The van der Waals surface area contributed by atoms with Crippen molar-refractivity contribution in [3.8, 4) is 0 Å². The number of amides is 2. The van der Waals surface area contributed by atoms with E-state index in [4.69, 9.17) is 0 Å². The first-order valence-corrected chi connectivity index (χ1v) is 7.10. The molecule has 1 unspecified atom stereocenters. The Kier molecular flexibility index (Phi) is 4.42. The van der Waals surface area contributed by atoms with E-state index in [0.29, 0.717) is 19.4 Å². The van der Waals surface area contributed by atoms with Crippen LogP contribution >= 0.6 is 0 Å². The molecule has 1 aliphatic heterocycles. The molecule has 0 aromatic heterocycles. The predicted molar refractivity (Wildman–Crippen MR) is 78.3 cm³/mol. The van der Waals surface area contributed by atoms with Crippen molar-refractivity contribution in [2.45, 2.75) is 45.7 Å². The van der Waals surface area contributed by atoms with Crippen LogP contribution in [0.5, 0.6) is 0 Å². The lowest BCUT2D eigenvalue weighted by atomic mass is 10.1. The van der Waals surface area contributed by atoms with E-state index in [1.165, 1.54) is 5.56 Å². The summed E-state index contributed by atoms with van der Waals surface area (Å²) in [6.45, 7) is 6.63. The lowest BCUT2D eigenvalue weighted by Crippen LogP contribution is -2.39. The van der Waals surface area contributed by atoms with Gasteiger partial charge in [0.15, 0.2) is 0 Å². The smallest absolute Gasteiger partial charge is 0.225 e. The van der Waals surface area contributed by atoms with Crippen LogP contribution in [0.4, 0.5) is 0 Å². The van der Waals surface area contributed by atoms with Crippen LogP contribution in [0.1, 0.15) is 31.4 Å². The molecule has 1 atom stereocenters. The Bertz CT molecular complexity index is 494. The zero-order valence-corrected chi connectivity index (χ0v) is 12.3. The van der Waals surface area contributed by atoms with Gasteiger partial charge in [0.05, 0.1) is 12.5 Å². The number of nitrogens with zero attached hydrogens (tertiary/aromatic N) is 1. The van der Waals surface area contributed by atoms with E-state index < -0.39 is 0 Å². The number of likely N-dealkylation sites (tertiary alicyclic amines) is 1. The molecule has 1 heterocycles. The van der Waals surface area contributed by atoms with Crippen molar-refractivity contribution < 1.29 is 9.59 Å². The number of rotatable bonds is 4. The van der Waals surface area contributed by atoms with Gasteiger partial charge in [0.1, 0.15) is 0 Å². The molecule has 20 heavy (non-hydrogen) atoms. The van der Waals surface area contributed by atoms with E-state index in [2.05, 4.69) is 5.32 Å². The van der Waals surface area contributed by atoms with Crippen LogP contribution in [0.3, 0.4) is 0 Å². The molecule has 1 fully saturated rings. The largest absolute Gasteiger partial charge is 0.351 e. The summed E-state index contributed by atoms with van der Waals surface area (Å²) in [5, 5.41) is 2.96. The quantitative estimate of drug-likeness (QED) is 0.908. The standard InChI is InChI=1S/C16H22N2O2/c1-11(2)18-10-14(9-16(18)20)17-15(19)8-13-6-4-12(3)5-7-13/h4-7,11,14H,8-10H2,1-3H3,(H,17,19). The first-order valence-electron chi connectivity index (χ1n) is 7.10. The van der Waals surface area contributed by atoms with Crippen molar-refractivity contribution in [1.82, 2.24) is 10.2 Å². The van der Waals surface area contributed by atoms with E-state index in [1.807, 2.05) is 49.9 Å². The summed E-state index contributed by atoms with van der Waals surface area (Å²) in [4.78, 5) is 25.6. The van der Waals surface area contributed by atoms with Crippen LogP contribution in [-0.4, -0.2) is 35.3 Å². The Balaban J connectivity index is 1.86. The summed E-state index contributed by atoms with van der Waals surface area (Å²) in [5.74, 6) is 0.109. The second-order valence-corrected chi connectivity index (χ2v) is 5.77. The zero-order valence-electron chi connectivity index (χ0n) is 12.3. The third-order valence-corrected chi connectivity index (χ3v) is 3.63. The fourth-order valence-corrected chi connectivity index (χ4v) is 2.50. The molecule has 1 saturated heterocycles. The van der Waals surface area contributed by atoms with E-state index in [1.54, 1.807) is 0 Å². The summed E-state index contributed by atoms with van der Waals surface area (Å²) < 4.78 is 0. The van der Waals surface area contributed by atoms with Gasteiger partial charge in [-0.15, -0.1) is 0 Å². The highest BCUT2D eigenvalue weighted by Gasteiger charge is 2.31. The maximum absolute atomic E-state index is 12.0. The number of benzene rings is 1. The first kappa shape index (κ1) is 14.6. The third kappa shape index (κ3) is 3.59. The molecule has 4 heteroatoms. The topological polar surface area (TPSA) is 49.4 Å². The zero-order chi connectivity index (χ0) is 14.7. The minimum Gasteiger partial charge on any atom is -0.351 e. The molecule has 0 aliphatic carbocycles. The fraction of sp³-hybridized carbons (Fsp3) is 0.500. The first-order chi connectivity index (χ1) is 9.45. The molecular formula is C16H22N2O2. The van der Waals surface area contributed by atoms with E-state index in [9.17, 15) is 9.59 Å². The molecule has 1 aromatic carbocycles. The average molecular weight is 274 g/mol. The predicted octanol–water partition coefficient (Wildman–Crippen LogP) is 1.66. The van der Waals surface area contributed by atoms with Crippen LogP contribution in [0.2, 0.25) is 0 Å². The highest BCUT2D eigenvalue weighted by atomic mass is 16.2. The van der Waals surface area contributed by atoms with Crippen LogP contribution in [-0.2, 0) is 16.0 Å². The molecule has 1 aliphatic rings. The van der Waals surface area contributed by atoms with Crippen molar-refractivity contribution in [1.29, 1.82) is 0 Å². The van der Waals surface area contributed by atoms with Gasteiger partial charge in [-0.3, -0.25) is 9.59 Å². The molecule has 108 valence electrons. The Labute approximate surface area is 120 Å². The summed E-state index contributed by atoms with van der Waals surface area (Å²) >= 11 is 0. The third-order valence-electron chi connectivity index (χ3n) is 3.63. The number of aryl methyl sites for hydroxylation is 1. The maximum Gasteiger partial charge on any atom is 0.225 e. The Morgan fingerprint density at radius 1 is 1.35 bits per heavy atom. The van der Waals surface area contributed by atoms with Gasteiger partial charge in [-0.2, -0.15) is 0 Å². The molecule has 2 rings (SSSR count). The molecule has 4 nitrogen and oxygen atoms in total. The van der Waals surface area contributed by atoms with Crippen LogP contribution in [0.25, 0.3) is 0 Å². The summed E-state index contributed by atoms with van der Waals surface area (Å²) in [6, 6.07) is 8.08.